The van der Waals surface area contributed by atoms with Gasteiger partial charge in [-0.2, -0.15) is 0 Å². The van der Waals surface area contributed by atoms with E-state index in [9.17, 15) is 9.59 Å². The molecule has 0 aliphatic heterocycles. The second kappa shape index (κ2) is 9.45. The zero-order valence-electron chi connectivity index (χ0n) is 7.33. The Morgan fingerprint density at radius 3 is 1.21 bits per heavy atom. The normalized spacial score (nSPS) is 13.4. The molecule has 0 saturated heterocycles. The van der Waals surface area contributed by atoms with Crippen LogP contribution in [0.4, 0.5) is 0 Å². The van der Waals surface area contributed by atoms with E-state index >= 15 is 0 Å². The van der Waals surface area contributed by atoms with Crippen LogP contribution in [-0.4, -0.2) is 66.3 Å². The Balaban J connectivity index is 0. The standard InChI is InChI=1S/2C3H7NO2Se/c2*4-2(1-7)3(5)6/h2*2,7H,1,4H2,(H,5,6)/t2*2-/m00/s1. The molecule has 0 aliphatic rings. The molecule has 0 saturated carbocycles. The van der Waals surface area contributed by atoms with Crippen LogP contribution in [0.3, 0.4) is 0 Å². The molecule has 0 aromatic heterocycles. The van der Waals surface area contributed by atoms with Gasteiger partial charge in [0.1, 0.15) is 0 Å². The Bertz CT molecular complexity index is 171. The van der Waals surface area contributed by atoms with Gasteiger partial charge in [-0.15, -0.1) is 0 Å². The zero-order valence-corrected chi connectivity index (χ0v) is 11.1. The van der Waals surface area contributed by atoms with Crippen molar-refractivity contribution in [2.75, 3.05) is 0 Å². The molecule has 0 bridgehead atoms. The summed E-state index contributed by atoms with van der Waals surface area (Å²) in [6.07, 6.45) is 0. The molecule has 0 aromatic rings. The first-order valence-corrected chi connectivity index (χ1v) is 6.20. The third-order valence-electron chi connectivity index (χ3n) is 1.03. The van der Waals surface area contributed by atoms with Crippen molar-refractivity contribution in [3.63, 3.8) is 0 Å². The molecule has 14 heavy (non-hydrogen) atoms. The second-order valence-electron chi connectivity index (χ2n) is 2.25. The molecule has 8 heteroatoms. The maximum absolute atomic E-state index is 9.80. The average Bonchev–Trinajstić information content (AvgIpc) is 2.15. The number of carboxylic acids is 2. The van der Waals surface area contributed by atoms with E-state index in [0.717, 1.165) is 0 Å². The molecule has 0 amide bonds. The first kappa shape index (κ1) is 16.3. The third-order valence-corrected chi connectivity index (χ3v) is 2.68. The maximum atomic E-state index is 9.80. The fourth-order valence-corrected chi connectivity index (χ4v) is 0.812. The van der Waals surface area contributed by atoms with Crippen molar-refractivity contribution >= 4 is 44.0 Å². The summed E-state index contributed by atoms with van der Waals surface area (Å²) >= 11 is 4.25. The quantitative estimate of drug-likeness (QED) is 0.418. The van der Waals surface area contributed by atoms with E-state index in [1.165, 1.54) is 0 Å². The summed E-state index contributed by atoms with van der Waals surface area (Å²) in [4.78, 5) is 19.6. The predicted octanol–water partition coefficient (Wildman–Crippen LogP) is -2.57. The van der Waals surface area contributed by atoms with Crippen LogP contribution in [0.15, 0.2) is 0 Å². The van der Waals surface area contributed by atoms with Gasteiger partial charge in [0, 0.05) is 0 Å². The van der Waals surface area contributed by atoms with Gasteiger partial charge in [-0.3, -0.25) is 0 Å². The molecule has 0 unspecified atom stereocenters. The first-order valence-electron chi connectivity index (χ1n) is 3.55. The summed E-state index contributed by atoms with van der Waals surface area (Å²) in [5.41, 5.74) is 10.0. The molecule has 0 rings (SSSR count). The predicted molar refractivity (Wildman–Crippen MR) is 55.1 cm³/mol. The van der Waals surface area contributed by atoms with E-state index in [1.54, 1.807) is 0 Å². The SMILES string of the molecule is N[C@@H](C[SeH])C(=O)O.N[C@@H](C[SeH])C(=O)O. The first-order chi connectivity index (χ1) is 6.36. The topological polar surface area (TPSA) is 127 Å². The van der Waals surface area contributed by atoms with Gasteiger partial charge in [0.2, 0.25) is 0 Å². The minimum atomic E-state index is -0.944. The molecule has 0 radical (unpaired) electrons. The number of nitrogens with two attached hydrogens (primary N) is 2. The van der Waals surface area contributed by atoms with Crippen LogP contribution >= 0.6 is 0 Å². The van der Waals surface area contributed by atoms with Crippen LogP contribution in [0.5, 0.6) is 0 Å². The zero-order chi connectivity index (χ0) is 11.7. The minimum absolute atomic E-state index is 0.433. The van der Waals surface area contributed by atoms with Gasteiger partial charge in [-0.1, -0.05) is 0 Å². The van der Waals surface area contributed by atoms with Crippen molar-refractivity contribution in [2.45, 2.75) is 22.7 Å². The van der Waals surface area contributed by atoms with Gasteiger partial charge in [-0.25, -0.2) is 0 Å². The number of aliphatic carboxylic acids is 2. The van der Waals surface area contributed by atoms with Crippen LogP contribution in [-0.2, 0) is 9.59 Å². The number of hydrogen-bond donors (Lipinski definition) is 4. The van der Waals surface area contributed by atoms with Crippen molar-refractivity contribution in [1.82, 2.24) is 0 Å². The van der Waals surface area contributed by atoms with Crippen LogP contribution in [0.1, 0.15) is 0 Å². The molecule has 2 atom stereocenters. The Hall–Kier alpha value is -0.101. The van der Waals surface area contributed by atoms with Gasteiger partial charge < -0.3 is 0 Å². The number of carboxylic acid groups (broad SMARTS) is 2. The van der Waals surface area contributed by atoms with Crippen molar-refractivity contribution in [2.24, 2.45) is 11.5 Å². The fraction of sp³-hybridized carbons (Fsp3) is 0.667. The monoisotopic (exact) mass is 338 g/mol. The summed E-state index contributed by atoms with van der Waals surface area (Å²) in [5, 5.41) is 17.0. The second-order valence-corrected chi connectivity index (χ2v) is 3.79. The van der Waals surface area contributed by atoms with Gasteiger partial charge in [0.05, 0.1) is 0 Å². The molecule has 0 aliphatic carbocycles. The Labute approximate surface area is 98.0 Å². The summed E-state index contributed by atoms with van der Waals surface area (Å²) in [7, 11) is 0. The number of carbonyl (C=O) groups is 2. The molecule has 84 valence electrons. The number of rotatable bonds is 4. The van der Waals surface area contributed by atoms with E-state index in [4.69, 9.17) is 21.7 Å². The van der Waals surface area contributed by atoms with E-state index < -0.39 is 24.0 Å². The van der Waals surface area contributed by atoms with E-state index in [2.05, 4.69) is 32.0 Å². The Kier molecular flexibility index (Phi) is 11.0. The van der Waals surface area contributed by atoms with Crippen LogP contribution in [0, 0.1) is 0 Å². The van der Waals surface area contributed by atoms with E-state index in [1.807, 2.05) is 0 Å². The Morgan fingerprint density at radius 2 is 1.21 bits per heavy atom. The summed E-state index contributed by atoms with van der Waals surface area (Å²) in [5.74, 6) is -1.89. The van der Waals surface area contributed by atoms with Crippen molar-refractivity contribution in [3.8, 4) is 0 Å². The van der Waals surface area contributed by atoms with Crippen LogP contribution < -0.4 is 11.5 Å². The molecule has 0 spiro atoms. The van der Waals surface area contributed by atoms with E-state index in [0.29, 0.717) is 10.6 Å². The van der Waals surface area contributed by atoms with E-state index in [-0.39, 0.29) is 0 Å². The molecular formula is C6H14N2O4Se2. The molecule has 6 N–H and O–H groups in total. The molecule has 0 heterocycles. The Morgan fingerprint density at radius 1 is 1.00 bits per heavy atom. The van der Waals surface area contributed by atoms with Gasteiger partial charge in [0.15, 0.2) is 0 Å². The van der Waals surface area contributed by atoms with Crippen molar-refractivity contribution in [1.29, 1.82) is 0 Å². The van der Waals surface area contributed by atoms with Gasteiger partial charge in [-0.05, 0) is 0 Å². The number of hydrogen-bond acceptors (Lipinski definition) is 4. The van der Waals surface area contributed by atoms with Crippen LogP contribution in [0.2, 0.25) is 10.6 Å². The average molecular weight is 336 g/mol. The molecule has 0 fully saturated rings. The fourth-order valence-electron chi connectivity index (χ4n) is 0.156. The molecule has 0 aromatic carbocycles. The summed E-state index contributed by atoms with van der Waals surface area (Å²) in [6, 6.07) is -1.42. The molecular weight excluding hydrogens is 322 g/mol. The van der Waals surface area contributed by atoms with Crippen molar-refractivity contribution in [3.05, 3.63) is 0 Å². The summed E-state index contributed by atoms with van der Waals surface area (Å²) in [6.45, 7) is 0. The van der Waals surface area contributed by atoms with Crippen LogP contribution in [0.25, 0.3) is 0 Å². The molecule has 6 nitrogen and oxygen atoms in total. The van der Waals surface area contributed by atoms with Crippen molar-refractivity contribution < 1.29 is 19.8 Å². The van der Waals surface area contributed by atoms with Gasteiger partial charge in [0.25, 0.3) is 0 Å². The van der Waals surface area contributed by atoms with Gasteiger partial charge >= 0.3 is 98.0 Å². The summed E-state index contributed by atoms with van der Waals surface area (Å²) < 4.78 is 0. The third kappa shape index (κ3) is 9.98.